The SMILES string of the molecule is COc1ccc(C=NO)c(OCc2c(F)cccc2Cl)c1. The minimum atomic E-state index is -0.442. The molecule has 0 radical (unpaired) electrons. The molecule has 0 aliphatic heterocycles. The van der Waals surface area contributed by atoms with Gasteiger partial charge in [-0.2, -0.15) is 0 Å². The van der Waals surface area contributed by atoms with Crippen molar-refractivity contribution in [3.63, 3.8) is 0 Å². The molecule has 2 aromatic rings. The number of benzene rings is 2. The van der Waals surface area contributed by atoms with Crippen LogP contribution in [0.3, 0.4) is 0 Å². The minimum absolute atomic E-state index is 0.0507. The van der Waals surface area contributed by atoms with Crippen LogP contribution in [0.4, 0.5) is 4.39 Å². The zero-order chi connectivity index (χ0) is 15.2. The van der Waals surface area contributed by atoms with E-state index in [2.05, 4.69) is 5.16 Å². The van der Waals surface area contributed by atoms with E-state index in [1.165, 1.54) is 25.5 Å². The number of ether oxygens (including phenoxy) is 2. The molecule has 0 unspecified atom stereocenters. The number of methoxy groups -OCH3 is 1. The van der Waals surface area contributed by atoms with Crippen molar-refractivity contribution in [2.45, 2.75) is 6.61 Å². The van der Waals surface area contributed by atoms with Gasteiger partial charge in [-0.3, -0.25) is 0 Å². The third kappa shape index (κ3) is 3.64. The highest BCUT2D eigenvalue weighted by Gasteiger charge is 2.10. The maximum Gasteiger partial charge on any atom is 0.132 e. The molecule has 0 aliphatic rings. The van der Waals surface area contributed by atoms with Crippen molar-refractivity contribution in [3.8, 4) is 11.5 Å². The van der Waals surface area contributed by atoms with Crippen molar-refractivity contribution in [3.05, 3.63) is 58.4 Å². The molecule has 1 N–H and O–H groups in total. The van der Waals surface area contributed by atoms with Gasteiger partial charge >= 0.3 is 0 Å². The predicted octanol–water partition coefficient (Wildman–Crippen LogP) is 3.87. The van der Waals surface area contributed by atoms with Crippen LogP contribution in [0.5, 0.6) is 11.5 Å². The highest BCUT2D eigenvalue weighted by Crippen LogP contribution is 2.26. The third-order valence-electron chi connectivity index (χ3n) is 2.85. The van der Waals surface area contributed by atoms with Crippen LogP contribution in [0.15, 0.2) is 41.6 Å². The van der Waals surface area contributed by atoms with E-state index in [1.807, 2.05) is 0 Å². The van der Waals surface area contributed by atoms with Crippen molar-refractivity contribution < 1.29 is 19.1 Å². The Balaban J connectivity index is 2.26. The molecule has 0 aromatic heterocycles. The van der Waals surface area contributed by atoms with Gasteiger partial charge in [0.2, 0.25) is 0 Å². The zero-order valence-electron chi connectivity index (χ0n) is 11.2. The van der Waals surface area contributed by atoms with Crippen molar-refractivity contribution in [2.24, 2.45) is 5.16 Å². The second kappa shape index (κ2) is 6.95. The van der Waals surface area contributed by atoms with Gasteiger partial charge in [0.25, 0.3) is 0 Å². The van der Waals surface area contributed by atoms with Crippen molar-refractivity contribution in [1.29, 1.82) is 0 Å². The summed E-state index contributed by atoms with van der Waals surface area (Å²) in [4.78, 5) is 0. The standard InChI is InChI=1S/C15H13ClFNO3/c1-20-11-6-5-10(8-18-19)15(7-11)21-9-12-13(16)3-2-4-14(12)17/h2-8,19H,9H2,1H3. The summed E-state index contributed by atoms with van der Waals surface area (Å²) >= 11 is 5.94. The number of hydrogen-bond acceptors (Lipinski definition) is 4. The fraction of sp³-hybridized carbons (Fsp3) is 0.133. The van der Waals surface area contributed by atoms with Crippen LogP contribution in [0.2, 0.25) is 5.02 Å². The summed E-state index contributed by atoms with van der Waals surface area (Å²) in [7, 11) is 1.52. The number of nitrogens with zero attached hydrogens (tertiary/aromatic N) is 1. The van der Waals surface area contributed by atoms with Crippen LogP contribution < -0.4 is 9.47 Å². The number of halogens is 2. The van der Waals surface area contributed by atoms with Crippen LogP contribution in [-0.2, 0) is 6.61 Å². The highest BCUT2D eigenvalue weighted by atomic mass is 35.5. The Morgan fingerprint density at radius 3 is 2.81 bits per heavy atom. The first kappa shape index (κ1) is 15.1. The van der Waals surface area contributed by atoms with Crippen molar-refractivity contribution in [2.75, 3.05) is 7.11 Å². The van der Waals surface area contributed by atoms with E-state index in [9.17, 15) is 4.39 Å². The summed E-state index contributed by atoms with van der Waals surface area (Å²) in [6, 6.07) is 9.40. The molecule has 0 spiro atoms. The summed E-state index contributed by atoms with van der Waals surface area (Å²) in [5.41, 5.74) is 0.791. The normalized spacial score (nSPS) is 10.8. The molecule has 2 rings (SSSR count). The lowest BCUT2D eigenvalue weighted by Crippen LogP contribution is -2.02. The second-order valence-electron chi connectivity index (χ2n) is 4.14. The molecule has 0 bridgehead atoms. The molecule has 0 amide bonds. The maximum absolute atomic E-state index is 13.7. The smallest absolute Gasteiger partial charge is 0.132 e. The van der Waals surface area contributed by atoms with Gasteiger partial charge in [0, 0.05) is 17.2 Å². The molecule has 0 heterocycles. The Labute approximate surface area is 126 Å². The largest absolute Gasteiger partial charge is 0.497 e. The van der Waals surface area contributed by atoms with E-state index in [0.29, 0.717) is 17.1 Å². The van der Waals surface area contributed by atoms with Gasteiger partial charge in [-0.15, -0.1) is 0 Å². The summed E-state index contributed by atoms with van der Waals surface area (Å²) in [5, 5.41) is 11.9. The molecule has 0 atom stereocenters. The summed E-state index contributed by atoms with van der Waals surface area (Å²) in [6.45, 7) is -0.0507. The van der Waals surface area contributed by atoms with Gasteiger partial charge in [-0.25, -0.2) is 4.39 Å². The molecular formula is C15H13ClFNO3. The fourth-order valence-electron chi connectivity index (χ4n) is 1.76. The van der Waals surface area contributed by atoms with Crippen LogP contribution >= 0.6 is 11.6 Å². The molecule has 6 heteroatoms. The monoisotopic (exact) mass is 309 g/mol. The molecule has 0 fully saturated rings. The van der Waals surface area contributed by atoms with Crippen LogP contribution in [0, 0.1) is 5.82 Å². The van der Waals surface area contributed by atoms with E-state index in [0.717, 1.165) is 0 Å². The number of oxime groups is 1. The van der Waals surface area contributed by atoms with Crippen LogP contribution in [0.25, 0.3) is 0 Å². The molecule has 0 aliphatic carbocycles. The quantitative estimate of drug-likeness (QED) is 0.518. The Morgan fingerprint density at radius 2 is 2.14 bits per heavy atom. The molecule has 110 valence electrons. The van der Waals surface area contributed by atoms with Gasteiger partial charge < -0.3 is 14.7 Å². The Bertz CT molecular complexity index is 641. The lowest BCUT2D eigenvalue weighted by Gasteiger charge is -2.12. The molecule has 21 heavy (non-hydrogen) atoms. The van der Waals surface area contributed by atoms with Crippen molar-refractivity contribution in [1.82, 2.24) is 0 Å². The first-order chi connectivity index (χ1) is 10.2. The lowest BCUT2D eigenvalue weighted by molar-refractivity contribution is 0.296. The average Bonchev–Trinajstić information content (AvgIpc) is 2.48. The molecule has 0 saturated heterocycles. The van der Waals surface area contributed by atoms with E-state index in [-0.39, 0.29) is 17.2 Å². The summed E-state index contributed by atoms with van der Waals surface area (Å²) < 4.78 is 24.4. The molecule has 2 aromatic carbocycles. The number of hydrogen-bond donors (Lipinski definition) is 1. The van der Waals surface area contributed by atoms with Gasteiger partial charge in [-0.05, 0) is 24.3 Å². The molecular weight excluding hydrogens is 297 g/mol. The Kier molecular flexibility index (Phi) is 5.00. The fourth-order valence-corrected chi connectivity index (χ4v) is 1.97. The van der Waals surface area contributed by atoms with E-state index in [4.69, 9.17) is 26.3 Å². The molecule has 0 saturated carbocycles. The first-order valence-electron chi connectivity index (χ1n) is 6.07. The lowest BCUT2D eigenvalue weighted by atomic mass is 10.2. The molecule has 4 nitrogen and oxygen atoms in total. The second-order valence-corrected chi connectivity index (χ2v) is 4.54. The van der Waals surface area contributed by atoms with Crippen LogP contribution in [0.1, 0.15) is 11.1 Å². The van der Waals surface area contributed by atoms with E-state index in [1.54, 1.807) is 24.3 Å². The zero-order valence-corrected chi connectivity index (χ0v) is 12.0. The average molecular weight is 310 g/mol. The number of rotatable bonds is 5. The predicted molar refractivity (Wildman–Crippen MR) is 78.1 cm³/mol. The van der Waals surface area contributed by atoms with Crippen molar-refractivity contribution >= 4 is 17.8 Å². The van der Waals surface area contributed by atoms with Crippen LogP contribution in [-0.4, -0.2) is 18.5 Å². The highest BCUT2D eigenvalue weighted by molar-refractivity contribution is 6.31. The first-order valence-corrected chi connectivity index (χ1v) is 6.44. The summed E-state index contributed by atoms with van der Waals surface area (Å²) in [5.74, 6) is 0.522. The minimum Gasteiger partial charge on any atom is -0.497 e. The van der Waals surface area contributed by atoms with Gasteiger partial charge in [-0.1, -0.05) is 22.8 Å². The third-order valence-corrected chi connectivity index (χ3v) is 3.21. The van der Waals surface area contributed by atoms with Gasteiger partial charge in [0.05, 0.1) is 18.3 Å². The Hall–Kier alpha value is -2.27. The van der Waals surface area contributed by atoms with Gasteiger partial charge in [0.1, 0.15) is 23.9 Å². The topological polar surface area (TPSA) is 51.0 Å². The van der Waals surface area contributed by atoms with E-state index >= 15 is 0 Å². The summed E-state index contributed by atoms with van der Waals surface area (Å²) in [6.07, 6.45) is 1.22. The van der Waals surface area contributed by atoms with E-state index < -0.39 is 5.82 Å². The van der Waals surface area contributed by atoms with Gasteiger partial charge in [0.15, 0.2) is 0 Å². The maximum atomic E-state index is 13.7. The Morgan fingerprint density at radius 1 is 1.33 bits per heavy atom.